The lowest BCUT2D eigenvalue weighted by molar-refractivity contribution is -0.116. The molecule has 16 heavy (non-hydrogen) atoms. The largest absolute Gasteiger partial charge is 0.319 e. The molecule has 0 unspecified atom stereocenters. The molecule has 0 aromatic heterocycles. The van der Waals surface area contributed by atoms with Gasteiger partial charge in [-0.25, -0.2) is 0 Å². The molecular formula is C14H25NO. The van der Waals surface area contributed by atoms with Gasteiger partial charge in [0.25, 0.3) is 0 Å². The van der Waals surface area contributed by atoms with Crippen molar-refractivity contribution in [2.45, 2.75) is 34.1 Å². The van der Waals surface area contributed by atoms with Crippen molar-refractivity contribution >= 4 is 5.78 Å². The van der Waals surface area contributed by atoms with Crippen molar-refractivity contribution in [3.63, 3.8) is 0 Å². The molecule has 92 valence electrons. The van der Waals surface area contributed by atoms with Gasteiger partial charge in [0.15, 0.2) is 0 Å². The molecule has 0 amide bonds. The van der Waals surface area contributed by atoms with Crippen molar-refractivity contribution in [3.05, 3.63) is 35.9 Å². The summed E-state index contributed by atoms with van der Waals surface area (Å²) < 4.78 is 0. The van der Waals surface area contributed by atoms with Gasteiger partial charge in [-0.05, 0) is 20.9 Å². The first kappa shape index (κ1) is 17.3. The van der Waals surface area contributed by atoms with Crippen molar-refractivity contribution < 1.29 is 4.79 Å². The normalized spacial score (nSPS) is 8.06. The molecule has 0 saturated carbocycles. The first-order valence-corrected chi connectivity index (χ1v) is 5.82. The Balaban J connectivity index is 0. The van der Waals surface area contributed by atoms with Gasteiger partial charge in [0, 0.05) is 13.0 Å². The zero-order valence-corrected chi connectivity index (χ0v) is 11.2. The van der Waals surface area contributed by atoms with E-state index in [1.165, 1.54) is 5.56 Å². The van der Waals surface area contributed by atoms with E-state index in [0.717, 1.165) is 6.54 Å². The van der Waals surface area contributed by atoms with Gasteiger partial charge in [0.1, 0.15) is 5.78 Å². The van der Waals surface area contributed by atoms with Crippen LogP contribution in [0.25, 0.3) is 0 Å². The zero-order valence-electron chi connectivity index (χ0n) is 11.2. The number of hydrogen-bond acceptors (Lipinski definition) is 2. The van der Waals surface area contributed by atoms with Crippen LogP contribution in [0.4, 0.5) is 0 Å². The van der Waals surface area contributed by atoms with Gasteiger partial charge >= 0.3 is 0 Å². The topological polar surface area (TPSA) is 29.1 Å². The Bertz CT molecular complexity index is 244. The van der Waals surface area contributed by atoms with Crippen LogP contribution in [0, 0.1) is 6.92 Å². The minimum absolute atomic E-state index is 0.245. The highest BCUT2D eigenvalue weighted by Gasteiger charge is 1.86. The van der Waals surface area contributed by atoms with E-state index in [-0.39, 0.29) is 5.78 Å². The number of hydrogen-bond donors (Lipinski definition) is 1. The average Bonchev–Trinajstić information content (AvgIpc) is 2.31. The van der Waals surface area contributed by atoms with Crippen molar-refractivity contribution in [2.24, 2.45) is 0 Å². The minimum atomic E-state index is 0.245. The van der Waals surface area contributed by atoms with Crippen LogP contribution >= 0.6 is 0 Å². The first-order valence-electron chi connectivity index (χ1n) is 5.82. The number of ketones is 1. The Morgan fingerprint density at radius 2 is 1.69 bits per heavy atom. The second-order valence-electron chi connectivity index (χ2n) is 3.21. The maximum Gasteiger partial charge on any atom is 0.131 e. The molecule has 0 aliphatic rings. The fraction of sp³-hybridized carbons (Fsp3) is 0.500. The number of benzene rings is 1. The highest BCUT2D eigenvalue weighted by molar-refractivity contribution is 5.75. The number of Topliss-reactive ketones (excluding diaryl/α,β-unsaturated/α-hetero) is 1. The quantitative estimate of drug-likeness (QED) is 0.852. The molecule has 1 aromatic rings. The van der Waals surface area contributed by atoms with Crippen LogP contribution in [0.5, 0.6) is 0 Å². The Hall–Kier alpha value is -1.15. The lowest BCUT2D eigenvalue weighted by atomic mass is 10.2. The number of carbonyl (C=O) groups excluding carboxylic acids is 1. The molecule has 2 nitrogen and oxygen atoms in total. The van der Waals surface area contributed by atoms with Crippen molar-refractivity contribution in [1.82, 2.24) is 5.32 Å². The fourth-order valence-corrected chi connectivity index (χ4v) is 0.835. The van der Waals surface area contributed by atoms with E-state index in [9.17, 15) is 4.79 Å². The number of carbonyl (C=O) groups is 1. The summed E-state index contributed by atoms with van der Waals surface area (Å²) in [5, 5.41) is 2.88. The molecule has 0 fully saturated rings. The summed E-state index contributed by atoms with van der Waals surface area (Å²) in [5.41, 5.74) is 1.32. The molecule has 0 radical (unpaired) electrons. The van der Waals surface area contributed by atoms with Crippen LogP contribution in [0.15, 0.2) is 30.3 Å². The molecule has 0 spiro atoms. The standard InChI is InChI=1S/C7H8.C5H11NO.C2H6/c1-7-5-3-2-4-6-7;1-5(7)3-4-6-2;1-2/h2-6H,1H3;6H,3-4H2,1-2H3;1-2H3. The molecule has 1 N–H and O–H groups in total. The Kier molecular flexibility index (Phi) is 14.9. The smallest absolute Gasteiger partial charge is 0.131 e. The van der Waals surface area contributed by atoms with E-state index in [4.69, 9.17) is 0 Å². The predicted octanol–water partition coefficient (Wildman–Crippen LogP) is 3.21. The SMILES string of the molecule is CC.CNCCC(C)=O.Cc1ccccc1. The number of aryl methyl sites for hydroxylation is 1. The number of nitrogens with one attached hydrogen (secondary N) is 1. The van der Waals surface area contributed by atoms with Crippen molar-refractivity contribution in [3.8, 4) is 0 Å². The van der Waals surface area contributed by atoms with Crippen LogP contribution in [0.2, 0.25) is 0 Å². The van der Waals surface area contributed by atoms with Gasteiger partial charge in [0.05, 0.1) is 0 Å². The Morgan fingerprint density at radius 3 is 1.88 bits per heavy atom. The summed E-state index contributed by atoms with van der Waals surface area (Å²) >= 11 is 0. The highest BCUT2D eigenvalue weighted by Crippen LogP contribution is 1.92. The summed E-state index contributed by atoms with van der Waals surface area (Å²) in [7, 11) is 1.84. The second kappa shape index (κ2) is 13.8. The molecule has 1 rings (SSSR count). The maximum atomic E-state index is 10.2. The van der Waals surface area contributed by atoms with E-state index in [0.29, 0.717) is 6.42 Å². The average molecular weight is 223 g/mol. The molecule has 0 saturated heterocycles. The van der Waals surface area contributed by atoms with Crippen molar-refractivity contribution in [2.75, 3.05) is 13.6 Å². The Morgan fingerprint density at radius 1 is 1.19 bits per heavy atom. The fourth-order valence-electron chi connectivity index (χ4n) is 0.835. The molecule has 0 aliphatic carbocycles. The van der Waals surface area contributed by atoms with Crippen LogP contribution in [-0.2, 0) is 4.79 Å². The summed E-state index contributed by atoms with van der Waals surface area (Å²) in [6.45, 7) is 8.48. The van der Waals surface area contributed by atoms with Crippen LogP contribution < -0.4 is 5.32 Å². The van der Waals surface area contributed by atoms with E-state index in [1.54, 1.807) is 6.92 Å². The van der Waals surface area contributed by atoms with E-state index in [2.05, 4.69) is 24.4 Å². The molecule has 0 bridgehead atoms. The lowest BCUT2D eigenvalue weighted by Gasteiger charge is -1.89. The van der Waals surface area contributed by atoms with Crippen LogP contribution in [-0.4, -0.2) is 19.4 Å². The summed E-state index contributed by atoms with van der Waals surface area (Å²) in [4.78, 5) is 10.2. The maximum absolute atomic E-state index is 10.2. The zero-order chi connectivity index (χ0) is 12.8. The third kappa shape index (κ3) is 15.3. The molecular weight excluding hydrogens is 198 g/mol. The van der Waals surface area contributed by atoms with Crippen molar-refractivity contribution in [1.29, 1.82) is 0 Å². The van der Waals surface area contributed by atoms with Crippen LogP contribution in [0.3, 0.4) is 0 Å². The first-order chi connectivity index (χ1) is 7.66. The monoisotopic (exact) mass is 223 g/mol. The van der Waals surface area contributed by atoms with E-state index >= 15 is 0 Å². The van der Waals surface area contributed by atoms with Gasteiger partial charge in [0.2, 0.25) is 0 Å². The third-order valence-corrected chi connectivity index (χ3v) is 1.67. The van der Waals surface area contributed by atoms with Gasteiger partial charge in [-0.2, -0.15) is 0 Å². The molecule has 0 atom stereocenters. The predicted molar refractivity (Wildman–Crippen MR) is 71.8 cm³/mol. The number of rotatable bonds is 3. The molecule has 0 aliphatic heterocycles. The summed E-state index contributed by atoms with van der Waals surface area (Å²) in [5.74, 6) is 0.245. The third-order valence-electron chi connectivity index (χ3n) is 1.67. The van der Waals surface area contributed by atoms with Gasteiger partial charge in [-0.15, -0.1) is 0 Å². The Labute approximate surface area is 100 Å². The van der Waals surface area contributed by atoms with Gasteiger partial charge < -0.3 is 5.32 Å². The molecule has 0 heterocycles. The molecule has 1 aromatic carbocycles. The summed E-state index contributed by atoms with van der Waals surface area (Å²) in [6, 6.07) is 10.3. The molecule has 2 heteroatoms. The second-order valence-corrected chi connectivity index (χ2v) is 3.21. The van der Waals surface area contributed by atoms with Gasteiger partial charge in [-0.1, -0.05) is 49.7 Å². The minimum Gasteiger partial charge on any atom is -0.319 e. The van der Waals surface area contributed by atoms with E-state index in [1.807, 2.05) is 39.1 Å². The van der Waals surface area contributed by atoms with E-state index < -0.39 is 0 Å². The lowest BCUT2D eigenvalue weighted by Crippen LogP contribution is -2.10. The highest BCUT2D eigenvalue weighted by atomic mass is 16.1. The van der Waals surface area contributed by atoms with Gasteiger partial charge in [-0.3, -0.25) is 4.79 Å². The summed E-state index contributed by atoms with van der Waals surface area (Å²) in [6.07, 6.45) is 0.649. The van der Waals surface area contributed by atoms with Crippen LogP contribution in [0.1, 0.15) is 32.8 Å².